The van der Waals surface area contributed by atoms with Crippen LogP contribution in [0.15, 0.2) is 47.9 Å². The lowest BCUT2D eigenvalue weighted by Crippen LogP contribution is -2.01. The molecule has 0 saturated carbocycles. The van der Waals surface area contributed by atoms with Crippen molar-refractivity contribution in [1.82, 2.24) is 9.97 Å². The fourth-order valence-corrected chi connectivity index (χ4v) is 2.77. The first-order chi connectivity index (χ1) is 11.4. The summed E-state index contributed by atoms with van der Waals surface area (Å²) in [7, 11) is 0. The molecule has 0 radical (unpaired) electrons. The standard InChI is InChI=1S/C17H14N4OS.ClH/c22-21-12-13-11-20-17(23-13)7-3-4-9-18-16-8-10-19-15-6-2-1-5-14(15)16;/h1-2,5-6,8,10-12,22H,4,9H2,(H,18,19);1H. The molecule has 0 atom stereocenters. The van der Waals surface area contributed by atoms with Crippen LogP contribution in [0.2, 0.25) is 0 Å². The summed E-state index contributed by atoms with van der Waals surface area (Å²) in [6, 6.07) is 10.0. The second-order valence-corrected chi connectivity index (χ2v) is 5.73. The SMILES string of the molecule is Cl.ON=Cc1cnc(C#CCCNc2ccnc3ccccc23)s1. The molecule has 7 heteroatoms. The number of hydrogen-bond acceptors (Lipinski definition) is 6. The third kappa shape index (κ3) is 4.44. The Morgan fingerprint density at radius 1 is 1.25 bits per heavy atom. The summed E-state index contributed by atoms with van der Waals surface area (Å²) >= 11 is 1.39. The molecular weight excluding hydrogens is 344 g/mol. The van der Waals surface area contributed by atoms with Crippen LogP contribution in [0.3, 0.4) is 0 Å². The number of benzene rings is 1. The molecule has 2 heterocycles. The van der Waals surface area contributed by atoms with Gasteiger partial charge in [-0.2, -0.15) is 0 Å². The molecule has 2 N–H and O–H groups in total. The van der Waals surface area contributed by atoms with Crippen molar-refractivity contribution in [1.29, 1.82) is 0 Å². The molecule has 0 fully saturated rings. The van der Waals surface area contributed by atoms with Crippen LogP contribution in [0, 0.1) is 11.8 Å². The fourth-order valence-electron chi connectivity index (χ4n) is 2.11. The minimum absolute atomic E-state index is 0. The molecule has 0 aliphatic carbocycles. The van der Waals surface area contributed by atoms with Crippen LogP contribution in [0.5, 0.6) is 0 Å². The van der Waals surface area contributed by atoms with Gasteiger partial charge in [-0.3, -0.25) is 4.98 Å². The van der Waals surface area contributed by atoms with Gasteiger partial charge in [-0.1, -0.05) is 29.3 Å². The number of anilines is 1. The molecule has 122 valence electrons. The summed E-state index contributed by atoms with van der Waals surface area (Å²) in [5, 5.41) is 16.6. The smallest absolute Gasteiger partial charge is 0.167 e. The van der Waals surface area contributed by atoms with Crippen molar-refractivity contribution in [3.8, 4) is 11.8 Å². The van der Waals surface area contributed by atoms with Gasteiger partial charge < -0.3 is 10.5 Å². The zero-order valence-electron chi connectivity index (χ0n) is 12.6. The molecule has 0 bridgehead atoms. The van der Waals surface area contributed by atoms with E-state index in [-0.39, 0.29) is 12.4 Å². The number of halogens is 1. The average Bonchev–Trinajstić information content (AvgIpc) is 3.02. The number of oxime groups is 1. The summed E-state index contributed by atoms with van der Waals surface area (Å²) in [5.74, 6) is 6.10. The van der Waals surface area contributed by atoms with E-state index in [0.29, 0.717) is 11.4 Å². The van der Waals surface area contributed by atoms with E-state index in [1.54, 1.807) is 12.4 Å². The molecule has 1 aromatic carbocycles. The van der Waals surface area contributed by atoms with Gasteiger partial charge in [-0.05, 0) is 18.1 Å². The first-order valence-electron chi connectivity index (χ1n) is 7.06. The molecule has 0 saturated heterocycles. The summed E-state index contributed by atoms with van der Waals surface area (Å²) in [5.41, 5.74) is 2.04. The van der Waals surface area contributed by atoms with E-state index in [1.807, 2.05) is 24.3 Å². The van der Waals surface area contributed by atoms with Gasteiger partial charge in [-0.15, -0.1) is 23.7 Å². The van der Waals surface area contributed by atoms with Crippen molar-refractivity contribution in [3.63, 3.8) is 0 Å². The molecular formula is C17H15ClN4OS. The van der Waals surface area contributed by atoms with Gasteiger partial charge in [0.05, 0.1) is 16.6 Å². The monoisotopic (exact) mass is 358 g/mol. The van der Waals surface area contributed by atoms with Crippen molar-refractivity contribution in [3.05, 3.63) is 52.6 Å². The Balaban J connectivity index is 0.00000208. The molecule has 2 aromatic heterocycles. The van der Waals surface area contributed by atoms with Gasteiger partial charge in [0, 0.05) is 36.4 Å². The van der Waals surface area contributed by atoms with E-state index in [1.165, 1.54) is 17.6 Å². The summed E-state index contributed by atoms with van der Waals surface area (Å²) < 4.78 is 0. The molecule has 3 rings (SSSR count). The highest BCUT2D eigenvalue weighted by atomic mass is 35.5. The average molecular weight is 359 g/mol. The molecule has 0 spiro atoms. The van der Waals surface area contributed by atoms with E-state index in [2.05, 4.69) is 38.3 Å². The maximum Gasteiger partial charge on any atom is 0.167 e. The van der Waals surface area contributed by atoms with Crippen LogP contribution in [0.1, 0.15) is 16.3 Å². The summed E-state index contributed by atoms with van der Waals surface area (Å²) in [6.07, 6.45) is 5.49. The van der Waals surface area contributed by atoms with Gasteiger partial charge >= 0.3 is 0 Å². The Labute approximate surface area is 149 Å². The number of aromatic nitrogens is 2. The predicted octanol–water partition coefficient (Wildman–Crippen LogP) is 3.77. The molecule has 0 amide bonds. The van der Waals surface area contributed by atoms with Crippen molar-refractivity contribution in [2.75, 3.05) is 11.9 Å². The van der Waals surface area contributed by atoms with Crippen molar-refractivity contribution in [2.45, 2.75) is 6.42 Å². The number of nitrogens with one attached hydrogen (secondary N) is 1. The minimum Gasteiger partial charge on any atom is -0.411 e. The Kier molecular flexibility index (Phi) is 6.55. The molecule has 0 aliphatic rings. The van der Waals surface area contributed by atoms with Gasteiger partial charge in [0.1, 0.15) is 0 Å². The van der Waals surface area contributed by atoms with E-state index >= 15 is 0 Å². The van der Waals surface area contributed by atoms with Gasteiger partial charge in [0.25, 0.3) is 0 Å². The lowest BCUT2D eigenvalue weighted by Gasteiger charge is -2.07. The number of para-hydroxylation sites is 1. The zero-order chi connectivity index (χ0) is 15.9. The van der Waals surface area contributed by atoms with Crippen LogP contribution in [-0.4, -0.2) is 27.9 Å². The Bertz CT molecular complexity index is 893. The van der Waals surface area contributed by atoms with E-state index < -0.39 is 0 Å². The molecule has 0 unspecified atom stereocenters. The lowest BCUT2D eigenvalue weighted by molar-refractivity contribution is 0.322. The maximum absolute atomic E-state index is 8.46. The number of thiazole rings is 1. The molecule has 24 heavy (non-hydrogen) atoms. The topological polar surface area (TPSA) is 70.4 Å². The third-order valence-electron chi connectivity index (χ3n) is 3.12. The molecule has 3 aromatic rings. The normalized spacial score (nSPS) is 10.2. The third-order valence-corrected chi connectivity index (χ3v) is 3.97. The van der Waals surface area contributed by atoms with E-state index in [9.17, 15) is 0 Å². The van der Waals surface area contributed by atoms with Crippen LogP contribution in [-0.2, 0) is 0 Å². The van der Waals surface area contributed by atoms with E-state index in [0.717, 1.165) is 28.0 Å². The van der Waals surface area contributed by atoms with Crippen LogP contribution < -0.4 is 5.32 Å². The van der Waals surface area contributed by atoms with Crippen molar-refractivity contribution in [2.24, 2.45) is 5.16 Å². The number of nitrogens with zero attached hydrogens (tertiary/aromatic N) is 3. The van der Waals surface area contributed by atoms with Crippen molar-refractivity contribution >= 4 is 46.5 Å². The van der Waals surface area contributed by atoms with Gasteiger partial charge in [0.2, 0.25) is 0 Å². The quantitative estimate of drug-likeness (QED) is 0.245. The number of pyridine rings is 1. The van der Waals surface area contributed by atoms with Gasteiger partial charge in [0.15, 0.2) is 5.01 Å². The molecule has 0 aliphatic heterocycles. The molecule has 5 nitrogen and oxygen atoms in total. The highest BCUT2D eigenvalue weighted by Gasteiger charge is 1.99. The fraction of sp³-hybridized carbons (Fsp3) is 0.118. The Morgan fingerprint density at radius 2 is 2.12 bits per heavy atom. The second-order valence-electron chi connectivity index (χ2n) is 4.67. The van der Waals surface area contributed by atoms with Crippen molar-refractivity contribution < 1.29 is 5.21 Å². The number of rotatable bonds is 4. The Morgan fingerprint density at radius 3 is 3.00 bits per heavy atom. The van der Waals surface area contributed by atoms with Gasteiger partial charge in [-0.25, -0.2) is 4.98 Å². The maximum atomic E-state index is 8.46. The minimum atomic E-state index is 0. The number of fused-ring (bicyclic) bond motifs is 1. The lowest BCUT2D eigenvalue weighted by atomic mass is 10.2. The zero-order valence-corrected chi connectivity index (χ0v) is 14.3. The van der Waals surface area contributed by atoms with Crippen LogP contribution in [0.4, 0.5) is 5.69 Å². The highest BCUT2D eigenvalue weighted by Crippen LogP contribution is 2.20. The van der Waals surface area contributed by atoms with Crippen LogP contribution in [0.25, 0.3) is 10.9 Å². The second kappa shape index (κ2) is 8.87. The Hall–Kier alpha value is -2.62. The van der Waals surface area contributed by atoms with E-state index in [4.69, 9.17) is 5.21 Å². The summed E-state index contributed by atoms with van der Waals surface area (Å²) in [4.78, 5) is 9.26. The largest absolute Gasteiger partial charge is 0.411 e. The number of hydrogen-bond donors (Lipinski definition) is 2. The predicted molar refractivity (Wildman–Crippen MR) is 100 cm³/mol. The highest BCUT2D eigenvalue weighted by molar-refractivity contribution is 7.13. The van der Waals surface area contributed by atoms with Crippen LogP contribution >= 0.6 is 23.7 Å². The first-order valence-corrected chi connectivity index (χ1v) is 7.88. The summed E-state index contributed by atoms with van der Waals surface area (Å²) in [6.45, 7) is 0.747. The first kappa shape index (κ1) is 17.7.